The van der Waals surface area contributed by atoms with Gasteiger partial charge in [0.1, 0.15) is 0 Å². The van der Waals surface area contributed by atoms with Crippen molar-refractivity contribution in [3.63, 3.8) is 0 Å². The lowest BCUT2D eigenvalue weighted by Crippen LogP contribution is -2.22. The van der Waals surface area contributed by atoms with Gasteiger partial charge in [0.05, 0.1) is 5.52 Å². The molecule has 1 aromatic heterocycles. The molecule has 2 aromatic rings. The number of hydrogen-bond donors (Lipinski definition) is 1. The van der Waals surface area contributed by atoms with Crippen LogP contribution in [0.1, 0.15) is 25.0 Å². The van der Waals surface area contributed by atoms with Crippen molar-refractivity contribution in [2.75, 3.05) is 0 Å². The molecule has 1 aliphatic carbocycles. The fourth-order valence-electron chi connectivity index (χ4n) is 2.04. The van der Waals surface area contributed by atoms with Gasteiger partial charge in [-0.3, -0.25) is 4.98 Å². The molecule has 3 rings (SSSR count). The highest BCUT2D eigenvalue weighted by Crippen LogP contribution is 2.36. The summed E-state index contributed by atoms with van der Waals surface area (Å²) in [6, 6.07) is 12.5. The van der Waals surface area contributed by atoms with E-state index >= 15 is 0 Å². The van der Waals surface area contributed by atoms with Gasteiger partial charge in [0.15, 0.2) is 0 Å². The minimum Gasteiger partial charge on any atom is -0.325 e. The maximum Gasteiger partial charge on any atom is 0.0705 e. The number of para-hydroxylation sites is 1. The number of aromatic nitrogens is 1. The molecule has 16 heavy (non-hydrogen) atoms. The lowest BCUT2D eigenvalue weighted by molar-refractivity contribution is 0.604. The van der Waals surface area contributed by atoms with Gasteiger partial charge in [0, 0.05) is 16.6 Å². The summed E-state index contributed by atoms with van der Waals surface area (Å²) in [6.07, 6.45) is 4.43. The van der Waals surface area contributed by atoms with Crippen LogP contribution >= 0.6 is 0 Å². The number of fused-ring (bicyclic) bond motifs is 1. The average molecular weight is 212 g/mol. The molecule has 82 valence electrons. The molecule has 0 aliphatic heterocycles. The molecule has 0 unspecified atom stereocenters. The first-order valence-electron chi connectivity index (χ1n) is 5.89. The SMILES string of the molecule is NC1(CCc2ccc3ccccc3n2)CC1. The van der Waals surface area contributed by atoms with E-state index in [1.165, 1.54) is 18.2 Å². The second-order valence-electron chi connectivity index (χ2n) is 4.86. The minimum absolute atomic E-state index is 0.132. The number of nitrogens with two attached hydrogens (primary N) is 1. The number of benzene rings is 1. The van der Waals surface area contributed by atoms with Crippen LogP contribution in [-0.4, -0.2) is 10.5 Å². The molecule has 2 nitrogen and oxygen atoms in total. The van der Waals surface area contributed by atoms with Crippen molar-refractivity contribution in [3.05, 3.63) is 42.1 Å². The van der Waals surface area contributed by atoms with Crippen LogP contribution in [0.25, 0.3) is 10.9 Å². The van der Waals surface area contributed by atoms with Gasteiger partial charge in [-0.1, -0.05) is 24.3 Å². The third kappa shape index (κ3) is 1.93. The Balaban J connectivity index is 1.81. The van der Waals surface area contributed by atoms with E-state index in [2.05, 4.69) is 29.2 Å². The van der Waals surface area contributed by atoms with E-state index in [-0.39, 0.29) is 5.54 Å². The topological polar surface area (TPSA) is 38.9 Å². The molecule has 1 aliphatic rings. The van der Waals surface area contributed by atoms with Crippen LogP contribution in [0, 0.1) is 0 Å². The first-order chi connectivity index (χ1) is 7.75. The third-order valence-corrected chi connectivity index (χ3v) is 3.43. The van der Waals surface area contributed by atoms with Crippen LogP contribution in [0.2, 0.25) is 0 Å². The second kappa shape index (κ2) is 3.56. The van der Waals surface area contributed by atoms with E-state index in [1.807, 2.05) is 12.1 Å². The summed E-state index contributed by atoms with van der Waals surface area (Å²) in [5, 5.41) is 1.21. The van der Waals surface area contributed by atoms with E-state index in [9.17, 15) is 0 Å². The molecular formula is C14H16N2. The van der Waals surface area contributed by atoms with Crippen molar-refractivity contribution < 1.29 is 0 Å². The van der Waals surface area contributed by atoms with Gasteiger partial charge in [0.25, 0.3) is 0 Å². The number of hydrogen-bond acceptors (Lipinski definition) is 2. The van der Waals surface area contributed by atoms with Crippen LogP contribution in [0.15, 0.2) is 36.4 Å². The Bertz CT molecular complexity index is 515. The Hall–Kier alpha value is -1.41. The van der Waals surface area contributed by atoms with Gasteiger partial charge in [-0.2, -0.15) is 0 Å². The van der Waals surface area contributed by atoms with Crippen molar-refractivity contribution in [1.82, 2.24) is 4.98 Å². The van der Waals surface area contributed by atoms with Crippen molar-refractivity contribution in [2.45, 2.75) is 31.2 Å². The van der Waals surface area contributed by atoms with Gasteiger partial charge in [0.2, 0.25) is 0 Å². The smallest absolute Gasteiger partial charge is 0.0705 e. The number of nitrogens with zero attached hydrogens (tertiary/aromatic N) is 1. The van der Waals surface area contributed by atoms with E-state index < -0.39 is 0 Å². The zero-order valence-corrected chi connectivity index (χ0v) is 9.32. The Morgan fingerprint density at radius 1 is 1.12 bits per heavy atom. The van der Waals surface area contributed by atoms with Crippen LogP contribution in [0.5, 0.6) is 0 Å². The highest BCUT2D eigenvalue weighted by molar-refractivity contribution is 5.78. The fraction of sp³-hybridized carbons (Fsp3) is 0.357. The summed E-state index contributed by atoms with van der Waals surface area (Å²) >= 11 is 0. The molecule has 1 heterocycles. The lowest BCUT2D eigenvalue weighted by Gasteiger charge is -2.07. The molecular weight excluding hydrogens is 196 g/mol. The largest absolute Gasteiger partial charge is 0.325 e. The summed E-state index contributed by atoms with van der Waals surface area (Å²) in [6.45, 7) is 0. The molecule has 0 bridgehead atoms. The molecule has 2 N–H and O–H groups in total. The normalized spacial score (nSPS) is 17.6. The zero-order valence-electron chi connectivity index (χ0n) is 9.32. The summed E-state index contributed by atoms with van der Waals surface area (Å²) in [7, 11) is 0. The van der Waals surface area contributed by atoms with Crippen LogP contribution in [0.3, 0.4) is 0 Å². The highest BCUT2D eigenvalue weighted by Gasteiger charge is 2.37. The lowest BCUT2D eigenvalue weighted by atomic mass is 10.1. The maximum atomic E-state index is 6.08. The van der Waals surface area contributed by atoms with E-state index in [1.54, 1.807) is 0 Å². The minimum atomic E-state index is 0.132. The Morgan fingerprint density at radius 3 is 2.75 bits per heavy atom. The number of rotatable bonds is 3. The summed E-state index contributed by atoms with van der Waals surface area (Å²) < 4.78 is 0. The van der Waals surface area contributed by atoms with Crippen LogP contribution in [-0.2, 0) is 6.42 Å². The Morgan fingerprint density at radius 2 is 1.94 bits per heavy atom. The predicted molar refractivity (Wildman–Crippen MR) is 66.2 cm³/mol. The average Bonchev–Trinajstić information content (AvgIpc) is 3.05. The van der Waals surface area contributed by atoms with E-state index in [0.29, 0.717) is 0 Å². The Kier molecular flexibility index (Phi) is 2.18. The van der Waals surface area contributed by atoms with Crippen LogP contribution in [0.4, 0.5) is 0 Å². The molecule has 1 fully saturated rings. The van der Waals surface area contributed by atoms with E-state index in [4.69, 9.17) is 5.73 Å². The summed E-state index contributed by atoms with van der Waals surface area (Å²) in [4.78, 5) is 4.65. The third-order valence-electron chi connectivity index (χ3n) is 3.43. The molecule has 2 heteroatoms. The Labute approximate surface area is 95.5 Å². The van der Waals surface area contributed by atoms with Crippen molar-refractivity contribution in [3.8, 4) is 0 Å². The second-order valence-corrected chi connectivity index (χ2v) is 4.86. The predicted octanol–water partition coefficient (Wildman–Crippen LogP) is 2.66. The van der Waals surface area contributed by atoms with Gasteiger partial charge < -0.3 is 5.73 Å². The van der Waals surface area contributed by atoms with Crippen LogP contribution < -0.4 is 5.73 Å². The molecule has 0 amide bonds. The number of aryl methyl sites for hydroxylation is 1. The van der Waals surface area contributed by atoms with Gasteiger partial charge in [-0.05, 0) is 37.8 Å². The molecule has 0 saturated heterocycles. The number of pyridine rings is 1. The first kappa shape index (κ1) is 9.79. The summed E-state index contributed by atoms with van der Waals surface area (Å²) in [5.41, 5.74) is 8.46. The monoisotopic (exact) mass is 212 g/mol. The summed E-state index contributed by atoms with van der Waals surface area (Å²) in [5.74, 6) is 0. The van der Waals surface area contributed by atoms with Crippen molar-refractivity contribution in [1.29, 1.82) is 0 Å². The molecule has 0 spiro atoms. The standard InChI is InChI=1S/C14H16N2/c15-14(9-10-14)8-7-12-6-5-11-3-1-2-4-13(11)16-12/h1-6H,7-10,15H2. The van der Waals surface area contributed by atoms with Crippen molar-refractivity contribution in [2.24, 2.45) is 5.73 Å². The quantitative estimate of drug-likeness (QED) is 0.849. The van der Waals surface area contributed by atoms with Gasteiger partial charge >= 0.3 is 0 Å². The molecule has 0 atom stereocenters. The fourth-order valence-corrected chi connectivity index (χ4v) is 2.04. The van der Waals surface area contributed by atoms with E-state index in [0.717, 1.165) is 24.1 Å². The van der Waals surface area contributed by atoms with Gasteiger partial charge in [-0.15, -0.1) is 0 Å². The molecule has 1 saturated carbocycles. The van der Waals surface area contributed by atoms with Gasteiger partial charge in [-0.25, -0.2) is 0 Å². The zero-order chi connectivity index (χ0) is 11.0. The first-order valence-corrected chi connectivity index (χ1v) is 5.89. The molecule has 1 aromatic carbocycles. The maximum absolute atomic E-state index is 6.08. The highest BCUT2D eigenvalue weighted by atomic mass is 14.8. The molecule has 0 radical (unpaired) electrons. The van der Waals surface area contributed by atoms with Crippen molar-refractivity contribution >= 4 is 10.9 Å².